The Bertz CT molecular complexity index is 602. The smallest absolute Gasteiger partial charge is 0.0896 e. The Kier molecular flexibility index (Phi) is 5.38. The van der Waals surface area contributed by atoms with Crippen LogP contribution in [-0.2, 0) is 18.3 Å². The van der Waals surface area contributed by atoms with Crippen LogP contribution in [0.5, 0.6) is 0 Å². The van der Waals surface area contributed by atoms with Crippen LogP contribution in [0.25, 0.3) is 0 Å². The molecule has 3 heterocycles. The molecule has 0 bridgehead atoms. The predicted octanol–water partition coefficient (Wildman–Crippen LogP) is 1.39. The molecule has 3 rings (SSSR count). The third-order valence-electron chi connectivity index (χ3n) is 4.31. The molecule has 6 nitrogen and oxygen atoms in total. The van der Waals surface area contributed by atoms with Gasteiger partial charge in [0.1, 0.15) is 0 Å². The lowest BCUT2D eigenvalue weighted by Gasteiger charge is -2.27. The summed E-state index contributed by atoms with van der Waals surface area (Å²) in [6.07, 6.45) is 8.71. The summed E-state index contributed by atoms with van der Waals surface area (Å²) < 4.78 is 7.75. The van der Waals surface area contributed by atoms with Crippen molar-refractivity contribution in [2.24, 2.45) is 13.0 Å². The van der Waals surface area contributed by atoms with Gasteiger partial charge in [0, 0.05) is 63.4 Å². The summed E-state index contributed by atoms with van der Waals surface area (Å²) in [5.41, 5.74) is 2.30. The van der Waals surface area contributed by atoms with E-state index in [1.54, 1.807) is 6.20 Å². The van der Waals surface area contributed by atoms with E-state index in [0.717, 1.165) is 37.2 Å². The molecule has 1 aliphatic heterocycles. The number of nitrogens with zero attached hydrogens (tertiary/aromatic N) is 4. The third-order valence-corrected chi connectivity index (χ3v) is 4.31. The van der Waals surface area contributed by atoms with Gasteiger partial charge in [-0.3, -0.25) is 14.6 Å². The lowest BCUT2D eigenvalue weighted by Crippen LogP contribution is -2.32. The number of pyridine rings is 1. The molecule has 1 N–H and O–H groups in total. The maximum absolute atomic E-state index is 9.37. The molecule has 0 spiro atoms. The molecule has 0 unspecified atom stereocenters. The van der Waals surface area contributed by atoms with Gasteiger partial charge in [-0.05, 0) is 18.1 Å². The van der Waals surface area contributed by atoms with Crippen molar-refractivity contribution in [3.05, 3.63) is 48.0 Å². The van der Waals surface area contributed by atoms with Crippen molar-refractivity contribution >= 4 is 0 Å². The van der Waals surface area contributed by atoms with Gasteiger partial charge in [0.15, 0.2) is 0 Å². The van der Waals surface area contributed by atoms with Gasteiger partial charge in [0.05, 0.1) is 18.9 Å². The van der Waals surface area contributed by atoms with E-state index in [-0.39, 0.29) is 12.7 Å². The SMILES string of the molecule is Cn1cc([C@H]2OCC[C@@H]2CN(CCO)Cc2cccnc2)cn1. The van der Waals surface area contributed by atoms with Crippen molar-refractivity contribution in [2.45, 2.75) is 19.1 Å². The number of rotatable bonds is 7. The Hall–Kier alpha value is -1.76. The Balaban J connectivity index is 1.66. The van der Waals surface area contributed by atoms with E-state index >= 15 is 0 Å². The fourth-order valence-corrected chi connectivity index (χ4v) is 3.23. The lowest BCUT2D eigenvalue weighted by atomic mass is 9.96. The molecule has 0 aromatic carbocycles. The van der Waals surface area contributed by atoms with Gasteiger partial charge in [0.2, 0.25) is 0 Å². The van der Waals surface area contributed by atoms with Crippen LogP contribution in [0, 0.1) is 5.92 Å². The zero-order valence-corrected chi connectivity index (χ0v) is 13.5. The second-order valence-corrected chi connectivity index (χ2v) is 6.11. The molecular formula is C17H24N4O2. The molecule has 2 aromatic heterocycles. The van der Waals surface area contributed by atoms with Crippen molar-refractivity contribution in [3.63, 3.8) is 0 Å². The lowest BCUT2D eigenvalue weighted by molar-refractivity contribution is 0.0734. The van der Waals surface area contributed by atoms with E-state index in [2.05, 4.69) is 21.0 Å². The molecular weight excluding hydrogens is 292 g/mol. The van der Waals surface area contributed by atoms with E-state index in [4.69, 9.17) is 4.74 Å². The Labute approximate surface area is 136 Å². The minimum atomic E-state index is 0.0961. The molecule has 1 aliphatic rings. The summed E-state index contributed by atoms with van der Waals surface area (Å²) in [4.78, 5) is 6.45. The second-order valence-electron chi connectivity index (χ2n) is 6.11. The average molecular weight is 316 g/mol. The van der Waals surface area contributed by atoms with Crippen molar-refractivity contribution in [2.75, 3.05) is 26.3 Å². The van der Waals surface area contributed by atoms with Crippen LogP contribution in [0.1, 0.15) is 23.7 Å². The van der Waals surface area contributed by atoms with Crippen LogP contribution < -0.4 is 0 Å². The maximum atomic E-state index is 9.37. The molecule has 23 heavy (non-hydrogen) atoms. The molecule has 0 amide bonds. The highest BCUT2D eigenvalue weighted by Crippen LogP contribution is 2.35. The van der Waals surface area contributed by atoms with Crippen molar-refractivity contribution < 1.29 is 9.84 Å². The number of hydrogen-bond acceptors (Lipinski definition) is 5. The average Bonchev–Trinajstić information content (AvgIpc) is 3.17. The van der Waals surface area contributed by atoms with E-state index < -0.39 is 0 Å². The quantitative estimate of drug-likeness (QED) is 0.836. The molecule has 1 saturated heterocycles. The van der Waals surface area contributed by atoms with E-state index in [9.17, 15) is 5.11 Å². The van der Waals surface area contributed by atoms with Crippen LogP contribution in [0.4, 0.5) is 0 Å². The summed E-state index contributed by atoms with van der Waals surface area (Å²) in [6, 6.07) is 4.02. The highest BCUT2D eigenvalue weighted by Gasteiger charge is 2.31. The minimum absolute atomic E-state index is 0.0961. The van der Waals surface area contributed by atoms with E-state index in [1.165, 1.54) is 0 Å². The highest BCUT2D eigenvalue weighted by molar-refractivity contribution is 5.12. The van der Waals surface area contributed by atoms with Crippen LogP contribution in [0.2, 0.25) is 0 Å². The van der Waals surface area contributed by atoms with Crippen molar-refractivity contribution in [1.29, 1.82) is 0 Å². The van der Waals surface area contributed by atoms with Gasteiger partial charge in [-0.1, -0.05) is 6.07 Å². The highest BCUT2D eigenvalue weighted by atomic mass is 16.5. The van der Waals surface area contributed by atoms with Crippen LogP contribution >= 0.6 is 0 Å². The minimum Gasteiger partial charge on any atom is -0.395 e. The van der Waals surface area contributed by atoms with Crippen LogP contribution in [0.15, 0.2) is 36.9 Å². The molecule has 2 aromatic rings. The normalized spacial score (nSPS) is 21.2. The topological polar surface area (TPSA) is 63.4 Å². The van der Waals surface area contributed by atoms with Gasteiger partial charge in [-0.15, -0.1) is 0 Å². The van der Waals surface area contributed by atoms with E-state index in [0.29, 0.717) is 12.5 Å². The molecule has 1 fully saturated rings. The number of aliphatic hydroxyl groups excluding tert-OH is 1. The fourth-order valence-electron chi connectivity index (χ4n) is 3.23. The molecule has 124 valence electrons. The molecule has 0 aliphatic carbocycles. The van der Waals surface area contributed by atoms with E-state index in [1.807, 2.05) is 36.4 Å². The van der Waals surface area contributed by atoms with Gasteiger partial charge in [0.25, 0.3) is 0 Å². The second kappa shape index (κ2) is 7.68. The molecule has 0 saturated carbocycles. The molecule has 6 heteroatoms. The standard InChI is InChI=1S/C17H24N4O2/c1-20-12-16(10-19-20)17-15(4-8-23-17)13-21(6-7-22)11-14-3-2-5-18-9-14/h2-3,5,9-10,12,15,17,22H,4,6-8,11,13H2,1H3/t15-,17+/m1/s1. The summed E-state index contributed by atoms with van der Waals surface area (Å²) in [7, 11) is 1.92. The number of aromatic nitrogens is 3. The third kappa shape index (κ3) is 4.16. The predicted molar refractivity (Wildman–Crippen MR) is 86.6 cm³/mol. The first kappa shape index (κ1) is 16.1. The Morgan fingerprint density at radius 3 is 3.04 bits per heavy atom. The largest absolute Gasteiger partial charge is 0.395 e. The van der Waals surface area contributed by atoms with Gasteiger partial charge in [-0.2, -0.15) is 5.10 Å². The summed E-state index contributed by atoms with van der Waals surface area (Å²) >= 11 is 0. The van der Waals surface area contributed by atoms with Crippen LogP contribution in [0.3, 0.4) is 0 Å². The fraction of sp³-hybridized carbons (Fsp3) is 0.529. The van der Waals surface area contributed by atoms with Crippen LogP contribution in [-0.4, -0.2) is 51.1 Å². The zero-order chi connectivity index (χ0) is 16.1. The summed E-state index contributed by atoms with van der Waals surface area (Å²) in [5.74, 6) is 0.419. The first-order valence-electron chi connectivity index (χ1n) is 8.08. The van der Waals surface area contributed by atoms with Gasteiger partial charge in [-0.25, -0.2) is 0 Å². The number of aliphatic hydroxyl groups is 1. The first-order valence-corrected chi connectivity index (χ1v) is 8.08. The summed E-state index contributed by atoms with van der Waals surface area (Å²) in [6.45, 7) is 3.29. The summed E-state index contributed by atoms with van der Waals surface area (Å²) in [5, 5.41) is 13.6. The number of hydrogen-bond donors (Lipinski definition) is 1. The molecule has 2 atom stereocenters. The molecule has 0 radical (unpaired) electrons. The van der Waals surface area contributed by atoms with Crippen molar-refractivity contribution in [1.82, 2.24) is 19.7 Å². The number of aryl methyl sites for hydroxylation is 1. The van der Waals surface area contributed by atoms with Crippen molar-refractivity contribution in [3.8, 4) is 0 Å². The number of ether oxygens (including phenoxy) is 1. The monoisotopic (exact) mass is 316 g/mol. The van der Waals surface area contributed by atoms with Gasteiger partial charge >= 0.3 is 0 Å². The maximum Gasteiger partial charge on any atom is 0.0896 e. The Morgan fingerprint density at radius 2 is 2.35 bits per heavy atom. The zero-order valence-electron chi connectivity index (χ0n) is 13.5. The first-order chi connectivity index (χ1) is 11.3. The Morgan fingerprint density at radius 1 is 1.43 bits per heavy atom. The van der Waals surface area contributed by atoms with Gasteiger partial charge < -0.3 is 9.84 Å².